The Labute approximate surface area is 174 Å². The Kier molecular flexibility index (Phi) is 5.58. The van der Waals surface area contributed by atoms with Crippen molar-refractivity contribution in [3.63, 3.8) is 0 Å². The van der Waals surface area contributed by atoms with Crippen LogP contribution in [-0.4, -0.2) is 20.4 Å². The van der Waals surface area contributed by atoms with Crippen molar-refractivity contribution < 1.29 is 4.79 Å². The van der Waals surface area contributed by atoms with Gasteiger partial charge >= 0.3 is 0 Å². The van der Waals surface area contributed by atoms with Crippen molar-refractivity contribution in [2.75, 3.05) is 0 Å². The molecule has 0 atom stereocenters. The van der Waals surface area contributed by atoms with Crippen molar-refractivity contribution in [3.8, 4) is 11.4 Å². The molecule has 0 aliphatic heterocycles. The number of amides is 1. The minimum Gasteiger partial charge on any atom is -0.348 e. The highest BCUT2D eigenvalue weighted by atomic mass is 35.5. The van der Waals surface area contributed by atoms with Gasteiger partial charge in [0.2, 0.25) is 0 Å². The van der Waals surface area contributed by atoms with Crippen molar-refractivity contribution >= 4 is 28.7 Å². The van der Waals surface area contributed by atoms with Crippen molar-refractivity contribution in [2.45, 2.75) is 26.4 Å². The van der Waals surface area contributed by atoms with E-state index in [0.29, 0.717) is 17.1 Å². The predicted molar refractivity (Wildman–Crippen MR) is 116 cm³/mol. The summed E-state index contributed by atoms with van der Waals surface area (Å²) in [5.41, 5.74) is 4.21. The highest BCUT2D eigenvalue weighted by Gasteiger charge is 2.14. The number of benzene rings is 2. The Morgan fingerprint density at radius 1 is 1.10 bits per heavy atom. The number of hydrogen-bond donors (Lipinski definition) is 1. The topological polar surface area (TPSA) is 59.8 Å². The van der Waals surface area contributed by atoms with Gasteiger partial charge in [0.25, 0.3) is 5.91 Å². The number of aromatic nitrogens is 3. The van der Waals surface area contributed by atoms with Gasteiger partial charge in [-0.25, -0.2) is 9.97 Å². The number of nitrogens with zero attached hydrogens (tertiary/aromatic N) is 3. The van der Waals surface area contributed by atoms with Crippen LogP contribution in [0.2, 0.25) is 5.02 Å². The first-order valence-corrected chi connectivity index (χ1v) is 9.98. The van der Waals surface area contributed by atoms with E-state index in [2.05, 4.69) is 21.8 Å². The van der Waals surface area contributed by atoms with E-state index in [0.717, 1.165) is 41.1 Å². The maximum Gasteiger partial charge on any atom is 0.251 e. The summed E-state index contributed by atoms with van der Waals surface area (Å²) < 4.78 is 2.11. The molecule has 0 spiro atoms. The molecule has 0 saturated carbocycles. The Morgan fingerprint density at radius 2 is 1.93 bits per heavy atom. The van der Waals surface area contributed by atoms with E-state index in [1.807, 2.05) is 60.7 Å². The lowest BCUT2D eigenvalue weighted by Crippen LogP contribution is -2.22. The molecule has 29 heavy (non-hydrogen) atoms. The normalized spacial score (nSPS) is 11.0. The van der Waals surface area contributed by atoms with E-state index < -0.39 is 0 Å². The number of carbonyl (C=O) groups is 1. The first-order chi connectivity index (χ1) is 14.2. The zero-order chi connectivity index (χ0) is 20.2. The average molecular weight is 405 g/mol. The molecule has 2 aromatic heterocycles. The van der Waals surface area contributed by atoms with Crippen molar-refractivity contribution in [3.05, 3.63) is 83.0 Å². The Morgan fingerprint density at radius 3 is 2.72 bits per heavy atom. The standard InChI is InChI=1S/C23H21ClN4O/c1-2-13-28-21(27-20-7-4-12-25-22(20)28)17-5-3-6-18(14-17)23(29)26-15-16-8-10-19(24)11-9-16/h3-12,14H,2,13,15H2,1H3,(H,26,29). The summed E-state index contributed by atoms with van der Waals surface area (Å²) in [6.45, 7) is 3.38. The average Bonchev–Trinajstić information content (AvgIpc) is 3.12. The first-order valence-electron chi connectivity index (χ1n) is 9.60. The third-order valence-electron chi connectivity index (χ3n) is 4.70. The fourth-order valence-corrected chi connectivity index (χ4v) is 3.43. The van der Waals surface area contributed by atoms with Crippen LogP contribution in [0, 0.1) is 0 Å². The van der Waals surface area contributed by atoms with Crippen LogP contribution >= 0.6 is 11.6 Å². The second-order valence-corrected chi connectivity index (χ2v) is 7.26. The molecule has 0 saturated heterocycles. The van der Waals surface area contributed by atoms with Crippen LogP contribution < -0.4 is 5.32 Å². The lowest BCUT2D eigenvalue weighted by molar-refractivity contribution is 0.0951. The van der Waals surface area contributed by atoms with E-state index in [1.165, 1.54) is 0 Å². The number of imidazole rings is 1. The molecular formula is C23H21ClN4O. The summed E-state index contributed by atoms with van der Waals surface area (Å²) in [5, 5.41) is 3.64. The fraction of sp³-hybridized carbons (Fsp3) is 0.174. The minimum absolute atomic E-state index is 0.127. The Bertz CT molecular complexity index is 1150. The van der Waals surface area contributed by atoms with Gasteiger partial charge in [0.15, 0.2) is 5.65 Å². The van der Waals surface area contributed by atoms with E-state index in [-0.39, 0.29) is 5.91 Å². The third-order valence-corrected chi connectivity index (χ3v) is 4.95. The molecular weight excluding hydrogens is 384 g/mol. The van der Waals surface area contributed by atoms with Crippen molar-refractivity contribution in [2.24, 2.45) is 0 Å². The number of halogens is 1. The number of rotatable bonds is 6. The molecule has 2 aromatic carbocycles. The van der Waals surface area contributed by atoms with Gasteiger partial charge in [-0.15, -0.1) is 0 Å². The molecule has 4 rings (SSSR count). The molecule has 4 aromatic rings. The maximum atomic E-state index is 12.7. The lowest BCUT2D eigenvalue weighted by Gasteiger charge is -2.09. The smallest absolute Gasteiger partial charge is 0.251 e. The van der Waals surface area contributed by atoms with E-state index in [1.54, 1.807) is 6.20 Å². The predicted octanol–water partition coefficient (Wildman–Crippen LogP) is 5.09. The second kappa shape index (κ2) is 8.45. The largest absolute Gasteiger partial charge is 0.348 e. The molecule has 0 radical (unpaired) electrons. The van der Waals surface area contributed by atoms with Gasteiger partial charge < -0.3 is 9.88 Å². The van der Waals surface area contributed by atoms with Crippen LogP contribution in [0.3, 0.4) is 0 Å². The van der Waals surface area contributed by atoms with Gasteiger partial charge in [0.05, 0.1) is 0 Å². The van der Waals surface area contributed by atoms with Gasteiger partial charge in [0.1, 0.15) is 11.3 Å². The molecule has 6 heteroatoms. The number of carbonyl (C=O) groups excluding carboxylic acids is 1. The van der Waals surface area contributed by atoms with Crippen LogP contribution in [0.1, 0.15) is 29.3 Å². The summed E-state index contributed by atoms with van der Waals surface area (Å²) >= 11 is 5.91. The second-order valence-electron chi connectivity index (χ2n) is 6.82. The number of pyridine rings is 1. The molecule has 146 valence electrons. The minimum atomic E-state index is -0.127. The number of aryl methyl sites for hydroxylation is 1. The first kappa shape index (κ1) is 19.2. The summed E-state index contributed by atoms with van der Waals surface area (Å²) in [6.07, 6.45) is 2.75. The summed E-state index contributed by atoms with van der Waals surface area (Å²) in [5.74, 6) is 0.700. The molecule has 0 unspecified atom stereocenters. The molecule has 0 aliphatic carbocycles. The summed E-state index contributed by atoms with van der Waals surface area (Å²) in [4.78, 5) is 21.9. The van der Waals surface area contributed by atoms with Crippen LogP contribution in [-0.2, 0) is 13.1 Å². The van der Waals surface area contributed by atoms with E-state index in [9.17, 15) is 4.79 Å². The molecule has 2 heterocycles. The van der Waals surface area contributed by atoms with Crippen LogP contribution in [0.4, 0.5) is 0 Å². The number of nitrogens with one attached hydrogen (secondary N) is 1. The lowest BCUT2D eigenvalue weighted by atomic mass is 10.1. The molecule has 1 N–H and O–H groups in total. The molecule has 1 amide bonds. The number of hydrogen-bond acceptors (Lipinski definition) is 3. The number of fused-ring (bicyclic) bond motifs is 1. The van der Waals surface area contributed by atoms with Crippen molar-refractivity contribution in [1.29, 1.82) is 0 Å². The molecule has 0 fully saturated rings. The SMILES string of the molecule is CCCn1c(-c2cccc(C(=O)NCc3ccc(Cl)cc3)c2)nc2cccnc21. The van der Waals surface area contributed by atoms with Crippen LogP contribution in [0.25, 0.3) is 22.6 Å². The van der Waals surface area contributed by atoms with Gasteiger partial charge in [-0.2, -0.15) is 0 Å². The summed E-state index contributed by atoms with van der Waals surface area (Å²) in [6, 6.07) is 18.8. The van der Waals surface area contributed by atoms with Gasteiger partial charge in [-0.05, 0) is 48.4 Å². The molecule has 5 nitrogen and oxygen atoms in total. The zero-order valence-corrected chi connectivity index (χ0v) is 16.9. The van der Waals surface area contributed by atoms with E-state index in [4.69, 9.17) is 16.6 Å². The zero-order valence-electron chi connectivity index (χ0n) is 16.1. The summed E-state index contributed by atoms with van der Waals surface area (Å²) in [7, 11) is 0. The maximum absolute atomic E-state index is 12.7. The highest BCUT2D eigenvalue weighted by molar-refractivity contribution is 6.30. The molecule has 0 aliphatic rings. The Balaban J connectivity index is 1.60. The van der Waals surface area contributed by atoms with Crippen molar-refractivity contribution in [1.82, 2.24) is 19.9 Å². The van der Waals surface area contributed by atoms with Crippen LogP contribution in [0.15, 0.2) is 66.9 Å². The monoisotopic (exact) mass is 404 g/mol. The van der Waals surface area contributed by atoms with Gasteiger partial charge in [0, 0.05) is 35.4 Å². The van der Waals surface area contributed by atoms with Gasteiger partial charge in [-0.3, -0.25) is 4.79 Å². The quantitative estimate of drug-likeness (QED) is 0.486. The van der Waals surface area contributed by atoms with Gasteiger partial charge in [-0.1, -0.05) is 42.8 Å². The van der Waals surface area contributed by atoms with Crippen LogP contribution in [0.5, 0.6) is 0 Å². The molecule has 0 bridgehead atoms. The third kappa shape index (κ3) is 4.15. The highest BCUT2D eigenvalue weighted by Crippen LogP contribution is 2.25. The van der Waals surface area contributed by atoms with E-state index >= 15 is 0 Å². The fourth-order valence-electron chi connectivity index (χ4n) is 3.30. The Hall–Kier alpha value is -3.18.